The molecule has 0 aliphatic carbocycles. The summed E-state index contributed by atoms with van der Waals surface area (Å²) in [5.41, 5.74) is 14.7. The van der Waals surface area contributed by atoms with Crippen molar-refractivity contribution in [3.63, 3.8) is 0 Å². The number of nitrogens with two attached hydrogens (primary N) is 3. The van der Waals surface area contributed by atoms with Gasteiger partial charge in [0.15, 0.2) is 0 Å². The summed E-state index contributed by atoms with van der Waals surface area (Å²) in [6, 6.07) is 0. The van der Waals surface area contributed by atoms with Gasteiger partial charge in [-0.25, -0.2) is 4.79 Å². The number of hydrogen-bond acceptors (Lipinski definition) is 3. The molecule has 0 aliphatic heterocycles. The van der Waals surface area contributed by atoms with Gasteiger partial charge in [0, 0.05) is 0 Å². The Hall–Kier alpha value is -0.810. The summed E-state index contributed by atoms with van der Waals surface area (Å²) in [6.07, 6.45) is 4.86. The van der Waals surface area contributed by atoms with Crippen LogP contribution in [-0.4, -0.2) is 24.3 Å². The van der Waals surface area contributed by atoms with Crippen LogP contribution in [0.5, 0.6) is 0 Å². The predicted octanol–water partition coefficient (Wildman–Crippen LogP) is 0.477. The molecule has 0 aromatic heterocycles. The van der Waals surface area contributed by atoms with Gasteiger partial charge in [-0.05, 0) is 25.9 Å². The number of primary amides is 1. The first-order chi connectivity index (χ1) is 6.15. The summed E-state index contributed by atoms with van der Waals surface area (Å²) < 4.78 is 0. The van der Waals surface area contributed by atoms with Crippen LogP contribution in [0.25, 0.3) is 0 Å². The van der Waals surface area contributed by atoms with Gasteiger partial charge in [0.2, 0.25) is 0 Å². The molecular weight excluding hydrogens is 170 g/mol. The SMILES string of the molecule is NC(=O)O.NCCCCCCCN. The van der Waals surface area contributed by atoms with Gasteiger partial charge in [-0.1, -0.05) is 19.3 Å². The van der Waals surface area contributed by atoms with Gasteiger partial charge in [-0.2, -0.15) is 0 Å². The predicted molar refractivity (Wildman–Crippen MR) is 53.4 cm³/mol. The third-order valence-electron chi connectivity index (χ3n) is 1.41. The van der Waals surface area contributed by atoms with Gasteiger partial charge < -0.3 is 22.3 Å². The monoisotopic (exact) mass is 191 g/mol. The van der Waals surface area contributed by atoms with Crippen molar-refractivity contribution in [1.29, 1.82) is 0 Å². The molecule has 7 N–H and O–H groups in total. The van der Waals surface area contributed by atoms with E-state index in [1.165, 1.54) is 32.1 Å². The second kappa shape index (κ2) is 13.8. The second-order valence-corrected chi connectivity index (χ2v) is 2.68. The van der Waals surface area contributed by atoms with Crippen LogP contribution in [0.15, 0.2) is 0 Å². The Morgan fingerprint density at radius 3 is 1.38 bits per heavy atom. The van der Waals surface area contributed by atoms with Crippen molar-refractivity contribution in [3.05, 3.63) is 0 Å². The average Bonchev–Trinajstić information content (AvgIpc) is 2.03. The summed E-state index contributed by atoms with van der Waals surface area (Å²) >= 11 is 0. The largest absolute Gasteiger partial charge is 0.465 e. The first kappa shape index (κ1) is 14.7. The highest BCUT2D eigenvalue weighted by atomic mass is 16.4. The van der Waals surface area contributed by atoms with Gasteiger partial charge in [-0.15, -0.1) is 0 Å². The van der Waals surface area contributed by atoms with Gasteiger partial charge in [0.05, 0.1) is 0 Å². The fraction of sp³-hybridized carbons (Fsp3) is 0.875. The number of hydrogen-bond donors (Lipinski definition) is 4. The van der Waals surface area contributed by atoms with Crippen molar-refractivity contribution in [2.45, 2.75) is 32.1 Å². The number of carbonyl (C=O) groups is 1. The smallest absolute Gasteiger partial charge is 0.402 e. The van der Waals surface area contributed by atoms with Crippen molar-refractivity contribution < 1.29 is 9.90 Å². The highest BCUT2D eigenvalue weighted by Gasteiger charge is 1.85. The van der Waals surface area contributed by atoms with E-state index >= 15 is 0 Å². The van der Waals surface area contributed by atoms with Crippen LogP contribution < -0.4 is 17.2 Å². The lowest BCUT2D eigenvalue weighted by Gasteiger charge is -1.96. The third-order valence-corrected chi connectivity index (χ3v) is 1.41. The Morgan fingerprint density at radius 2 is 1.15 bits per heavy atom. The molecule has 0 spiro atoms. The van der Waals surface area contributed by atoms with Crippen molar-refractivity contribution in [2.24, 2.45) is 17.2 Å². The lowest BCUT2D eigenvalue weighted by atomic mass is 10.1. The van der Waals surface area contributed by atoms with Crippen molar-refractivity contribution in [3.8, 4) is 0 Å². The lowest BCUT2D eigenvalue weighted by molar-refractivity contribution is 0.205. The zero-order valence-electron chi connectivity index (χ0n) is 8.04. The molecule has 0 bridgehead atoms. The Balaban J connectivity index is 0. The van der Waals surface area contributed by atoms with E-state index in [0.29, 0.717) is 0 Å². The molecule has 0 aliphatic rings. The number of carboxylic acid groups (broad SMARTS) is 1. The fourth-order valence-electron chi connectivity index (χ4n) is 0.819. The molecule has 5 nitrogen and oxygen atoms in total. The zero-order valence-corrected chi connectivity index (χ0v) is 8.04. The molecule has 0 heterocycles. The first-order valence-corrected chi connectivity index (χ1v) is 4.53. The highest BCUT2D eigenvalue weighted by molar-refractivity contribution is 5.61. The number of rotatable bonds is 6. The van der Waals surface area contributed by atoms with Crippen molar-refractivity contribution in [1.82, 2.24) is 0 Å². The van der Waals surface area contributed by atoms with Gasteiger partial charge in [-0.3, -0.25) is 0 Å². The van der Waals surface area contributed by atoms with E-state index < -0.39 is 6.09 Å². The molecule has 0 aromatic carbocycles. The number of amides is 1. The van der Waals surface area contributed by atoms with Gasteiger partial charge in [0.25, 0.3) is 0 Å². The van der Waals surface area contributed by atoms with E-state index in [1.54, 1.807) is 0 Å². The molecule has 0 saturated carbocycles. The molecule has 0 saturated heterocycles. The molecule has 0 fully saturated rings. The summed E-state index contributed by atoms with van der Waals surface area (Å²) in [7, 11) is 0. The molecule has 80 valence electrons. The van der Waals surface area contributed by atoms with Crippen LogP contribution in [0.3, 0.4) is 0 Å². The Kier molecular flexibility index (Phi) is 15.6. The summed E-state index contributed by atoms with van der Waals surface area (Å²) in [4.78, 5) is 8.78. The minimum atomic E-state index is -1.33. The molecule has 0 rings (SSSR count). The maximum absolute atomic E-state index is 8.78. The van der Waals surface area contributed by atoms with Crippen molar-refractivity contribution in [2.75, 3.05) is 13.1 Å². The maximum Gasteiger partial charge on any atom is 0.402 e. The van der Waals surface area contributed by atoms with Crippen molar-refractivity contribution >= 4 is 6.09 Å². The summed E-state index contributed by atoms with van der Waals surface area (Å²) in [5.74, 6) is 0. The van der Waals surface area contributed by atoms with E-state index in [9.17, 15) is 0 Å². The van der Waals surface area contributed by atoms with Crippen LogP contribution in [0, 0.1) is 0 Å². The zero-order chi connectivity index (χ0) is 10.5. The van der Waals surface area contributed by atoms with Gasteiger partial charge >= 0.3 is 6.09 Å². The average molecular weight is 191 g/mol. The molecule has 5 heteroatoms. The minimum Gasteiger partial charge on any atom is -0.465 e. The molecule has 0 unspecified atom stereocenters. The van der Waals surface area contributed by atoms with E-state index in [2.05, 4.69) is 5.73 Å². The lowest BCUT2D eigenvalue weighted by Crippen LogP contribution is -2.03. The molecule has 0 atom stereocenters. The fourth-order valence-corrected chi connectivity index (χ4v) is 0.819. The Morgan fingerprint density at radius 1 is 0.923 bits per heavy atom. The highest BCUT2D eigenvalue weighted by Crippen LogP contribution is 1.99. The third kappa shape index (κ3) is 35.1. The molecule has 13 heavy (non-hydrogen) atoms. The summed E-state index contributed by atoms with van der Waals surface area (Å²) in [6.45, 7) is 1.67. The van der Waals surface area contributed by atoms with Crippen LogP contribution >= 0.6 is 0 Å². The minimum absolute atomic E-state index is 0.836. The van der Waals surface area contributed by atoms with Crippen LogP contribution in [0.1, 0.15) is 32.1 Å². The Bertz CT molecular complexity index is 99.6. The second-order valence-electron chi connectivity index (χ2n) is 2.68. The molecule has 1 amide bonds. The Labute approximate surface area is 79.3 Å². The van der Waals surface area contributed by atoms with E-state index in [4.69, 9.17) is 21.4 Å². The summed E-state index contributed by atoms with van der Waals surface area (Å²) in [5, 5.41) is 7.19. The molecular formula is C8H21N3O2. The van der Waals surface area contributed by atoms with E-state index in [1.807, 2.05) is 0 Å². The topological polar surface area (TPSA) is 115 Å². The van der Waals surface area contributed by atoms with Gasteiger partial charge in [0.1, 0.15) is 0 Å². The van der Waals surface area contributed by atoms with E-state index in [-0.39, 0.29) is 0 Å². The van der Waals surface area contributed by atoms with Crippen LogP contribution in [-0.2, 0) is 0 Å². The first-order valence-electron chi connectivity index (χ1n) is 4.53. The quantitative estimate of drug-likeness (QED) is 0.457. The van der Waals surface area contributed by atoms with Crippen LogP contribution in [0.2, 0.25) is 0 Å². The molecule has 0 radical (unpaired) electrons. The van der Waals surface area contributed by atoms with E-state index in [0.717, 1.165) is 13.1 Å². The van der Waals surface area contributed by atoms with Crippen LogP contribution in [0.4, 0.5) is 4.79 Å². The molecule has 0 aromatic rings. The standard InChI is InChI=1S/C7H18N2.CH3NO2/c8-6-4-2-1-3-5-7-9;2-1(3)4/h1-9H2;2H2,(H,3,4). The normalized spacial score (nSPS) is 8.77. The maximum atomic E-state index is 8.78. The number of unbranched alkanes of at least 4 members (excludes halogenated alkanes) is 4.